The van der Waals surface area contributed by atoms with Gasteiger partial charge in [-0.15, -0.1) is 0 Å². The molecule has 4 nitrogen and oxygen atoms in total. The van der Waals surface area contributed by atoms with Crippen molar-refractivity contribution in [2.24, 2.45) is 11.5 Å². The number of carbonyl (C=O) groups is 1. The highest BCUT2D eigenvalue weighted by molar-refractivity contribution is 5.96. The molecule has 0 radical (unpaired) electrons. The van der Waals surface area contributed by atoms with Gasteiger partial charge in [0.1, 0.15) is 0 Å². The Balaban J connectivity index is 3.19. The van der Waals surface area contributed by atoms with Gasteiger partial charge in [0, 0.05) is 18.2 Å². The summed E-state index contributed by atoms with van der Waals surface area (Å²) in [7, 11) is 1.58. The van der Waals surface area contributed by atoms with Crippen molar-refractivity contribution in [3.05, 3.63) is 36.0 Å². The Kier molecular flexibility index (Phi) is 3.35. The predicted octanol–water partition coefficient (Wildman–Crippen LogP) is 0.220. The largest absolute Gasteiger partial charge is 0.355 e. The van der Waals surface area contributed by atoms with Crippen molar-refractivity contribution in [3.63, 3.8) is 0 Å². The fraction of sp³-hybridized carbons (Fsp3) is 0.417. The molecule has 0 saturated heterocycles. The van der Waals surface area contributed by atoms with Gasteiger partial charge in [-0.05, 0) is 19.9 Å². The van der Waals surface area contributed by atoms with Crippen LogP contribution in [0.25, 0.3) is 0 Å². The van der Waals surface area contributed by atoms with Crippen molar-refractivity contribution in [1.29, 1.82) is 0 Å². The lowest BCUT2D eigenvalue weighted by atomic mass is 9.90. The van der Waals surface area contributed by atoms with Gasteiger partial charge in [-0.3, -0.25) is 4.79 Å². The van der Waals surface area contributed by atoms with E-state index in [2.05, 4.69) is 5.32 Å². The van der Waals surface area contributed by atoms with Crippen LogP contribution in [0.2, 0.25) is 0 Å². The second kappa shape index (κ2) is 4.23. The summed E-state index contributed by atoms with van der Waals surface area (Å²) < 4.78 is 0. The first-order valence-corrected chi connectivity index (χ1v) is 5.18. The van der Waals surface area contributed by atoms with Gasteiger partial charge in [-0.2, -0.15) is 0 Å². The van der Waals surface area contributed by atoms with Gasteiger partial charge in [0.25, 0.3) is 5.91 Å². The predicted molar refractivity (Wildman–Crippen MR) is 65.6 cm³/mol. The first-order valence-electron chi connectivity index (χ1n) is 5.18. The molecule has 2 unspecified atom stereocenters. The third kappa shape index (κ3) is 3.32. The van der Waals surface area contributed by atoms with Crippen molar-refractivity contribution in [2.45, 2.75) is 24.9 Å². The monoisotopic (exact) mass is 221 g/mol. The quantitative estimate of drug-likeness (QED) is 0.554. The molecule has 0 spiro atoms. The number of hydrogen-bond acceptors (Lipinski definition) is 3. The summed E-state index contributed by atoms with van der Waals surface area (Å²) >= 11 is 0. The molecular weight excluding hydrogens is 202 g/mol. The van der Waals surface area contributed by atoms with Crippen LogP contribution in [-0.2, 0) is 4.79 Å². The molecule has 0 heterocycles. The van der Waals surface area contributed by atoms with E-state index in [9.17, 15) is 4.79 Å². The van der Waals surface area contributed by atoms with E-state index in [0.717, 1.165) is 0 Å². The normalized spacial score (nSPS) is 33.9. The maximum Gasteiger partial charge on any atom is 0.250 e. The molecular formula is C12H19N3O. The van der Waals surface area contributed by atoms with Crippen LogP contribution in [0.1, 0.15) is 13.8 Å². The van der Waals surface area contributed by atoms with E-state index >= 15 is 0 Å². The number of hydrogen-bond donors (Lipinski definition) is 3. The number of nitrogens with one attached hydrogen (secondary N) is 1. The zero-order chi connectivity index (χ0) is 12.4. The average molecular weight is 221 g/mol. The van der Waals surface area contributed by atoms with Gasteiger partial charge < -0.3 is 16.8 Å². The molecule has 2 atom stereocenters. The third-order valence-corrected chi connectivity index (χ3v) is 2.38. The van der Waals surface area contributed by atoms with Crippen LogP contribution in [0.4, 0.5) is 0 Å². The number of rotatable bonds is 1. The van der Waals surface area contributed by atoms with Crippen LogP contribution in [0.3, 0.4) is 0 Å². The Morgan fingerprint density at radius 2 is 1.75 bits per heavy atom. The zero-order valence-corrected chi connectivity index (χ0v) is 9.95. The van der Waals surface area contributed by atoms with E-state index in [0.29, 0.717) is 5.57 Å². The molecule has 88 valence electrons. The summed E-state index contributed by atoms with van der Waals surface area (Å²) in [5.74, 6) is -0.168. The average Bonchev–Trinajstić information content (AvgIpc) is 2.19. The van der Waals surface area contributed by atoms with E-state index in [4.69, 9.17) is 11.5 Å². The minimum absolute atomic E-state index is 0.168. The Labute approximate surface area is 96.1 Å². The molecule has 0 bridgehead atoms. The lowest BCUT2D eigenvalue weighted by molar-refractivity contribution is -0.116. The molecule has 16 heavy (non-hydrogen) atoms. The van der Waals surface area contributed by atoms with Crippen molar-refractivity contribution in [2.75, 3.05) is 7.05 Å². The smallest absolute Gasteiger partial charge is 0.250 e. The summed E-state index contributed by atoms with van der Waals surface area (Å²) in [6.07, 6.45) is 8.83. The molecule has 0 aliphatic heterocycles. The van der Waals surface area contributed by atoms with Gasteiger partial charge in [0.15, 0.2) is 0 Å². The minimum atomic E-state index is -0.673. The molecule has 5 N–H and O–H groups in total. The SMILES string of the molecule is CNC(=O)C1=CC(C)(N)C=CC(C)(N)C=C1. The summed E-state index contributed by atoms with van der Waals surface area (Å²) in [4.78, 5) is 11.6. The van der Waals surface area contributed by atoms with Crippen molar-refractivity contribution < 1.29 is 4.79 Å². The molecule has 0 aromatic carbocycles. The lowest BCUT2D eigenvalue weighted by Gasteiger charge is -2.23. The second-order valence-electron chi connectivity index (χ2n) is 4.58. The van der Waals surface area contributed by atoms with Crippen LogP contribution in [0.15, 0.2) is 36.0 Å². The molecule has 1 aliphatic carbocycles. The van der Waals surface area contributed by atoms with Gasteiger partial charge >= 0.3 is 0 Å². The lowest BCUT2D eigenvalue weighted by Crippen LogP contribution is -2.38. The molecule has 1 rings (SSSR count). The van der Waals surface area contributed by atoms with E-state index in [-0.39, 0.29) is 5.91 Å². The van der Waals surface area contributed by atoms with Gasteiger partial charge in [0.05, 0.1) is 5.54 Å². The van der Waals surface area contributed by atoms with Gasteiger partial charge in [-0.25, -0.2) is 0 Å². The Hall–Kier alpha value is -1.39. The highest BCUT2D eigenvalue weighted by Crippen LogP contribution is 2.17. The van der Waals surface area contributed by atoms with Crippen molar-refractivity contribution in [3.8, 4) is 0 Å². The Bertz CT molecular complexity index is 376. The molecule has 1 amide bonds. The summed E-state index contributed by atoms with van der Waals surface area (Å²) in [6.45, 7) is 3.67. The Morgan fingerprint density at radius 1 is 1.19 bits per heavy atom. The maximum absolute atomic E-state index is 11.6. The van der Waals surface area contributed by atoms with E-state index in [1.165, 1.54) is 0 Å². The van der Waals surface area contributed by atoms with E-state index < -0.39 is 11.1 Å². The molecule has 1 aliphatic rings. The second-order valence-corrected chi connectivity index (χ2v) is 4.58. The third-order valence-electron chi connectivity index (χ3n) is 2.38. The highest BCUT2D eigenvalue weighted by Gasteiger charge is 2.20. The standard InChI is InChI=1S/C12H19N3O/c1-11(13)5-4-9(10(16)15-3)8-12(2,14)7-6-11/h4-8H,13-14H2,1-3H3,(H,15,16). The molecule has 0 fully saturated rings. The number of carbonyl (C=O) groups excluding carboxylic acids is 1. The van der Waals surface area contributed by atoms with Crippen LogP contribution in [0.5, 0.6) is 0 Å². The van der Waals surface area contributed by atoms with Crippen molar-refractivity contribution in [1.82, 2.24) is 5.32 Å². The van der Waals surface area contributed by atoms with Crippen LogP contribution >= 0.6 is 0 Å². The minimum Gasteiger partial charge on any atom is -0.355 e. The van der Waals surface area contributed by atoms with Crippen molar-refractivity contribution >= 4 is 5.91 Å². The molecule has 0 aromatic heterocycles. The van der Waals surface area contributed by atoms with Gasteiger partial charge in [-0.1, -0.05) is 24.3 Å². The number of amides is 1. The summed E-state index contributed by atoms with van der Waals surface area (Å²) in [6, 6.07) is 0. The summed E-state index contributed by atoms with van der Waals surface area (Å²) in [5, 5.41) is 2.57. The first kappa shape index (κ1) is 12.7. The molecule has 4 heteroatoms. The Morgan fingerprint density at radius 3 is 2.31 bits per heavy atom. The topological polar surface area (TPSA) is 81.1 Å². The number of nitrogens with two attached hydrogens (primary N) is 2. The van der Waals surface area contributed by atoms with Crippen LogP contribution in [0, 0.1) is 0 Å². The molecule has 0 aromatic rings. The maximum atomic E-state index is 11.6. The van der Waals surface area contributed by atoms with Gasteiger partial charge in [0.2, 0.25) is 0 Å². The zero-order valence-electron chi connectivity index (χ0n) is 9.95. The fourth-order valence-corrected chi connectivity index (χ4v) is 1.40. The van der Waals surface area contributed by atoms with Crippen LogP contribution < -0.4 is 16.8 Å². The van der Waals surface area contributed by atoms with E-state index in [1.54, 1.807) is 31.4 Å². The van der Waals surface area contributed by atoms with Crippen LogP contribution in [-0.4, -0.2) is 24.0 Å². The summed E-state index contributed by atoms with van der Waals surface area (Å²) in [5.41, 5.74) is 11.3. The first-order chi connectivity index (χ1) is 7.26. The number of likely N-dealkylation sites (N-methyl/N-ethyl adjacent to an activating group) is 1. The van der Waals surface area contributed by atoms with E-state index in [1.807, 2.05) is 19.9 Å². The molecule has 0 saturated carbocycles. The highest BCUT2D eigenvalue weighted by atomic mass is 16.1. The fourth-order valence-electron chi connectivity index (χ4n) is 1.40.